The van der Waals surface area contributed by atoms with Crippen molar-refractivity contribution in [3.05, 3.63) is 71.3 Å². The molecule has 108 valence electrons. The molecule has 0 bridgehead atoms. The molecule has 0 saturated heterocycles. The molecular weight excluding hydrogens is 260 g/mol. The third kappa shape index (κ3) is 4.38. The fourth-order valence-electron chi connectivity index (χ4n) is 2.27. The highest BCUT2D eigenvalue weighted by Gasteiger charge is 2.13. The Hall–Kier alpha value is -2.22. The second-order valence-electron chi connectivity index (χ2n) is 5.68. The van der Waals surface area contributed by atoms with E-state index in [4.69, 9.17) is 0 Å². The Kier molecular flexibility index (Phi) is 5.04. The zero-order valence-corrected chi connectivity index (χ0v) is 12.5. The highest BCUT2D eigenvalue weighted by molar-refractivity contribution is 6.13. The molecule has 0 aliphatic rings. The summed E-state index contributed by atoms with van der Waals surface area (Å²) < 4.78 is 0. The van der Waals surface area contributed by atoms with Crippen LogP contribution in [-0.4, -0.2) is 11.6 Å². The van der Waals surface area contributed by atoms with E-state index in [1.165, 1.54) is 5.56 Å². The average molecular weight is 280 g/mol. The lowest BCUT2D eigenvalue weighted by atomic mass is 9.98. The Morgan fingerprint density at radius 1 is 0.810 bits per heavy atom. The molecule has 0 fully saturated rings. The van der Waals surface area contributed by atoms with Crippen LogP contribution >= 0.6 is 0 Å². The molecule has 0 aliphatic carbocycles. The minimum atomic E-state index is -0.133. The summed E-state index contributed by atoms with van der Waals surface area (Å²) in [5, 5.41) is 0. The maximum absolute atomic E-state index is 12.1. The fraction of sp³-hybridized carbons (Fsp3) is 0.263. The molecule has 21 heavy (non-hydrogen) atoms. The molecule has 0 spiro atoms. The van der Waals surface area contributed by atoms with Crippen molar-refractivity contribution in [1.82, 2.24) is 0 Å². The summed E-state index contributed by atoms with van der Waals surface area (Å²) in [6, 6.07) is 16.5. The normalized spacial score (nSPS) is 10.6. The number of Topliss-reactive ketones (excluding diaryl/α,β-unsaturated/α-hetero) is 2. The third-order valence-corrected chi connectivity index (χ3v) is 3.34. The summed E-state index contributed by atoms with van der Waals surface area (Å²) in [6.45, 7) is 4.33. The van der Waals surface area contributed by atoms with Gasteiger partial charge >= 0.3 is 0 Å². The van der Waals surface area contributed by atoms with Crippen LogP contribution in [0, 0.1) is 5.92 Å². The van der Waals surface area contributed by atoms with Crippen molar-refractivity contribution >= 4 is 11.6 Å². The van der Waals surface area contributed by atoms with E-state index in [0.29, 0.717) is 17.0 Å². The molecule has 2 aromatic carbocycles. The summed E-state index contributed by atoms with van der Waals surface area (Å²) in [5.41, 5.74) is 2.41. The predicted molar refractivity (Wildman–Crippen MR) is 84.7 cm³/mol. The highest BCUT2D eigenvalue weighted by Crippen LogP contribution is 2.13. The van der Waals surface area contributed by atoms with E-state index >= 15 is 0 Å². The first-order valence-electron chi connectivity index (χ1n) is 7.26. The number of carbonyl (C=O) groups is 2. The second-order valence-corrected chi connectivity index (χ2v) is 5.68. The SMILES string of the molecule is CC(C)Cc1ccc(C(=O)CC(=O)c2ccccc2)cc1. The molecule has 2 rings (SSSR count). The van der Waals surface area contributed by atoms with E-state index in [1.807, 2.05) is 30.3 Å². The standard InChI is InChI=1S/C19H20O2/c1-14(2)12-15-8-10-17(11-9-15)19(21)13-18(20)16-6-4-3-5-7-16/h3-11,14H,12-13H2,1-2H3. The number of carbonyl (C=O) groups excluding carboxylic acids is 2. The van der Waals surface area contributed by atoms with Gasteiger partial charge in [-0.2, -0.15) is 0 Å². The Morgan fingerprint density at radius 3 is 1.86 bits per heavy atom. The first-order valence-corrected chi connectivity index (χ1v) is 7.26. The minimum absolute atomic E-state index is 0.0759. The molecule has 0 aliphatic heterocycles. The number of hydrogen-bond acceptors (Lipinski definition) is 2. The summed E-state index contributed by atoms with van der Waals surface area (Å²) in [5.74, 6) is 0.331. The largest absolute Gasteiger partial charge is 0.294 e. The first-order chi connectivity index (χ1) is 10.1. The quantitative estimate of drug-likeness (QED) is 0.582. The van der Waals surface area contributed by atoms with E-state index in [-0.39, 0.29) is 18.0 Å². The molecule has 0 unspecified atom stereocenters. The van der Waals surface area contributed by atoms with Gasteiger partial charge in [0.05, 0.1) is 6.42 Å². The molecule has 0 saturated carbocycles. The van der Waals surface area contributed by atoms with Crippen molar-refractivity contribution in [3.8, 4) is 0 Å². The van der Waals surface area contributed by atoms with Crippen LogP contribution in [0.5, 0.6) is 0 Å². The van der Waals surface area contributed by atoms with Crippen LogP contribution in [0.2, 0.25) is 0 Å². The van der Waals surface area contributed by atoms with Crippen LogP contribution in [0.15, 0.2) is 54.6 Å². The molecule has 0 heterocycles. The Morgan fingerprint density at radius 2 is 1.33 bits per heavy atom. The van der Waals surface area contributed by atoms with Gasteiger partial charge in [0.2, 0.25) is 0 Å². The van der Waals surface area contributed by atoms with Gasteiger partial charge < -0.3 is 0 Å². The van der Waals surface area contributed by atoms with E-state index in [2.05, 4.69) is 13.8 Å². The molecule has 0 amide bonds. The zero-order chi connectivity index (χ0) is 15.2. The van der Waals surface area contributed by atoms with Gasteiger partial charge in [-0.1, -0.05) is 68.4 Å². The van der Waals surface area contributed by atoms with Gasteiger partial charge in [0, 0.05) is 11.1 Å². The van der Waals surface area contributed by atoms with E-state index in [1.54, 1.807) is 24.3 Å². The molecule has 0 atom stereocenters. The van der Waals surface area contributed by atoms with Crippen LogP contribution < -0.4 is 0 Å². The topological polar surface area (TPSA) is 34.1 Å². The molecular formula is C19H20O2. The van der Waals surface area contributed by atoms with Gasteiger partial charge in [-0.05, 0) is 17.9 Å². The highest BCUT2D eigenvalue weighted by atomic mass is 16.1. The average Bonchev–Trinajstić information content (AvgIpc) is 2.48. The Labute approximate surface area is 125 Å². The van der Waals surface area contributed by atoms with Crippen LogP contribution in [0.3, 0.4) is 0 Å². The lowest BCUT2D eigenvalue weighted by Crippen LogP contribution is -2.08. The maximum Gasteiger partial charge on any atom is 0.170 e. The van der Waals surface area contributed by atoms with Crippen molar-refractivity contribution < 1.29 is 9.59 Å². The Balaban J connectivity index is 2.02. The lowest BCUT2D eigenvalue weighted by molar-refractivity contribution is 0.0894. The minimum Gasteiger partial charge on any atom is -0.294 e. The number of ketones is 2. The Bertz CT molecular complexity index is 610. The van der Waals surface area contributed by atoms with Gasteiger partial charge in [0.1, 0.15) is 0 Å². The van der Waals surface area contributed by atoms with Crippen LogP contribution in [0.1, 0.15) is 46.5 Å². The van der Waals surface area contributed by atoms with Crippen LogP contribution in [0.4, 0.5) is 0 Å². The van der Waals surface area contributed by atoms with Crippen molar-refractivity contribution in [1.29, 1.82) is 0 Å². The number of rotatable bonds is 6. The van der Waals surface area contributed by atoms with E-state index < -0.39 is 0 Å². The second kappa shape index (κ2) is 6.98. The smallest absolute Gasteiger partial charge is 0.170 e. The predicted octanol–water partition coefficient (Wildman–Crippen LogP) is 4.34. The van der Waals surface area contributed by atoms with Gasteiger partial charge in [0.15, 0.2) is 11.6 Å². The number of hydrogen-bond donors (Lipinski definition) is 0. The van der Waals surface area contributed by atoms with Crippen molar-refractivity contribution in [3.63, 3.8) is 0 Å². The molecule has 2 heteroatoms. The zero-order valence-electron chi connectivity index (χ0n) is 12.5. The van der Waals surface area contributed by atoms with Crippen LogP contribution in [-0.2, 0) is 6.42 Å². The monoisotopic (exact) mass is 280 g/mol. The molecule has 2 nitrogen and oxygen atoms in total. The summed E-state index contributed by atoms with van der Waals surface area (Å²) >= 11 is 0. The van der Waals surface area contributed by atoms with Gasteiger partial charge in [-0.3, -0.25) is 9.59 Å². The van der Waals surface area contributed by atoms with E-state index in [0.717, 1.165) is 6.42 Å². The van der Waals surface area contributed by atoms with Crippen molar-refractivity contribution in [2.75, 3.05) is 0 Å². The van der Waals surface area contributed by atoms with Gasteiger partial charge in [0.25, 0.3) is 0 Å². The molecule has 0 radical (unpaired) electrons. The summed E-state index contributed by atoms with van der Waals surface area (Å²) in [4.78, 5) is 24.2. The van der Waals surface area contributed by atoms with Crippen molar-refractivity contribution in [2.24, 2.45) is 5.92 Å². The molecule has 2 aromatic rings. The van der Waals surface area contributed by atoms with Gasteiger partial charge in [-0.25, -0.2) is 0 Å². The third-order valence-electron chi connectivity index (χ3n) is 3.34. The summed E-state index contributed by atoms with van der Waals surface area (Å²) in [7, 11) is 0. The van der Waals surface area contributed by atoms with Crippen molar-refractivity contribution in [2.45, 2.75) is 26.7 Å². The fourth-order valence-corrected chi connectivity index (χ4v) is 2.27. The van der Waals surface area contributed by atoms with Crippen LogP contribution in [0.25, 0.3) is 0 Å². The number of benzene rings is 2. The summed E-state index contributed by atoms with van der Waals surface area (Å²) in [6.07, 6.45) is 0.922. The van der Waals surface area contributed by atoms with Gasteiger partial charge in [-0.15, -0.1) is 0 Å². The maximum atomic E-state index is 12.1. The molecule has 0 N–H and O–H groups in total. The molecule has 0 aromatic heterocycles. The lowest BCUT2D eigenvalue weighted by Gasteiger charge is -2.06. The first kappa shape index (κ1) is 15.2. The van der Waals surface area contributed by atoms with E-state index in [9.17, 15) is 9.59 Å².